The van der Waals surface area contributed by atoms with Crippen LogP contribution in [0.4, 0.5) is 0 Å². The van der Waals surface area contributed by atoms with E-state index in [4.69, 9.17) is 0 Å². The zero-order valence-electron chi connectivity index (χ0n) is 9.34. The van der Waals surface area contributed by atoms with Crippen LogP contribution in [0.1, 0.15) is 5.69 Å². The molecule has 0 spiro atoms. The molecule has 0 saturated heterocycles. The van der Waals surface area contributed by atoms with E-state index < -0.39 is 8.07 Å². The third-order valence-corrected chi connectivity index (χ3v) is 4.15. The highest BCUT2D eigenvalue weighted by Gasteiger charge is 2.10. The topological polar surface area (TPSA) is 25.8 Å². The SMILES string of the molecule is C[Si](C)(C)C#Cc1nsc2cncc(Br)c12. The fourth-order valence-corrected chi connectivity index (χ4v) is 3.07. The highest BCUT2D eigenvalue weighted by Crippen LogP contribution is 2.28. The van der Waals surface area contributed by atoms with Gasteiger partial charge < -0.3 is 0 Å². The van der Waals surface area contributed by atoms with E-state index in [9.17, 15) is 0 Å². The molecule has 0 unspecified atom stereocenters. The van der Waals surface area contributed by atoms with Crippen LogP contribution in [0.3, 0.4) is 0 Å². The summed E-state index contributed by atoms with van der Waals surface area (Å²) in [5.41, 5.74) is 4.21. The van der Waals surface area contributed by atoms with Crippen LogP contribution in [-0.2, 0) is 0 Å². The Morgan fingerprint density at radius 3 is 2.75 bits per heavy atom. The Morgan fingerprint density at radius 1 is 1.31 bits per heavy atom. The predicted octanol–water partition coefficient (Wildman–Crippen LogP) is 3.68. The number of halogens is 1. The monoisotopic (exact) mass is 310 g/mol. The van der Waals surface area contributed by atoms with E-state index in [2.05, 4.69) is 56.4 Å². The fourth-order valence-electron chi connectivity index (χ4n) is 1.19. The largest absolute Gasteiger partial charge is 0.262 e. The van der Waals surface area contributed by atoms with E-state index in [0.29, 0.717) is 0 Å². The summed E-state index contributed by atoms with van der Waals surface area (Å²) in [4.78, 5) is 4.12. The van der Waals surface area contributed by atoms with Crippen LogP contribution in [0, 0.1) is 11.5 Å². The van der Waals surface area contributed by atoms with Crippen molar-refractivity contribution < 1.29 is 0 Å². The van der Waals surface area contributed by atoms with Crippen molar-refractivity contribution in [1.29, 1.82) is 0 Å². The highest BCUT2D eigenvalue weighted by atomic mass is 79.9. The molecule has 82 valence electrons. The van der Waals surface area contributed by atoms with Gasteiger partial charge >= 0.3 is 0 Å². The Balaban J connectivity index is 2.57. The Bertz CT molecular complexity index is 589. The molecule has 0 aliphatic rings. The van der Waals surface area contributed by atoms with Crippen molar-refractivity contribution >= 4 is 45.6 Å². The molecule has 0 fully saturated rings. The summed E-state index contributed by atoms with van der Waals surface area (Å²) in [6, 6.07) is 0. The molecule has 2 rings (SSSR count). The van der Waals surface area contributed by atoms with Crippen molar-refractivity contribution in [3.05, 3.63) is 22.6 Å². The summed E-state index contributed by atoms with van der Waals surface area (Å²) in [7, 11) is -1.35. The molecule has 0 amide bonds. The number of hydrogen-bond donors (Lipinski definition) is 0. The van der Waals surface area contributed by atoms with Crippen LogP contribution in [-0.4, -0.2) is 17.4 Å². The molecule has 0 bridgehead atoms. The number of nitrogens with zero attached hydrogens (tertiary/aromatic N) is 2. The summed E-state index contributed by atoms with van der Waals surface area (Å²) in [6.45, 7) is 6.68. The number of fused-ring (bicyclic) bond motifs is 1. The van der Waals surface area contributed by atoms with Gasteiger partial charge in [-0.05, 0) is 27.5 Å². The summed E-state index contributed by atoms with van der Waals surface area (Å²) in [5.74, 6) is 3.20. The Hall–Kier alpha value is -0.703. The number of aromatic nitrogens is 2. The van der Waals surface area contributed by atoms with Crippen molar-refractivity contribution in [2.75, 3.05) is 0 Å². The molecule has 0 saturated carbocycles. The Morgan fingerprint density at radius 2 is 2.06 bits per heavy atom. The van der Waals surface area contributed by atoms with Gasteiger partial charge in [0, 0.05) is 22.3 Å². The normalized spacial score (nSPS) is 11.2. The second kappa shape index (κ2) is 4.28. The van der Waals surface area contributed by atoms with Gasteiger partial charge in [-0.15, -0.1) is 5.54 Å². The first-order chi connectivity index (χ1) is 7.47. The maximum atomic E-state index is 4.38. The average Bonchev–Trinajstić information content (AvgIpc) is 2.58. The molecule has 0 aliphatic heterocycles. The lowest BCUT2D eigenvalue weighted by Crippen LogP contribution is -2.16. The van der Waals surface area contributed by atoms with Gasteiger partial charge in [0.15, 0.2) is 0 Å². The van der Waals surface area contributed by atoms with Crippen molar-refractivity contribution in [3.8, 4) is 11.5 Å². The summed E-state index contributed by atoms with van der Waals surface area (Å²) >= 11 is 4.94. The average molecular weight is 311 g/mol. The Kier molecular flexibility index (Phi) is 3.15. The van der Waals surface area contributed by atoms with Crippen LogP contribution in [0.25, 0.3) is 10.1 Å². The van der Waals surface area contributed by atoms with Gasteiger partial charge in [0.2, 0.25) is 0 Å². The Labute approximate surface area is 108 Å². The lowest BCUT2D eigenvalue weighted by molar-refractivity contribution is 1.35. The summed E-state index contributed by atoms with van der Waals surface area (Å²) in [5, 5.41) is 1.09. The second-order valence-corrected chi connectivity index (χ2v) is 10.9. The molecular formula is C11H11BrN2SSi. The van der Waals surface area contributed by atoms with Gasteiger partial charge in [0.1, 0.15) is 13.8 Å². The van der Waals surface area contributed by atoms with Crippen LogP contribution >= 0.6 is 27.5 Å². The third-order valence-electron chi connectivity index (χ3n) is 1.89. The van der Waals surface area contributed by atoms with E-state index in [1.165, 1.54) is 11.5 Å². The number of pyridine rings is 1. The molecule has 2 aromatic heterocycles. The third kappa shape index (κ3) is 2.51. The smallest absolute Gasteiger partial charge is 0.135 e. The molecular weight excluding hydrogens is 300 g/mol. The zero-order valence-corrected chi connectivity index (χ0v) is 12.7. The van der Waals surface area contributed by atoms with Crippen molar-refractivity contribution in [1.82, 2.24) is 9.36 Å². The fraction of sp³-hybridized carbons (Fsp3) is 0.273. The van der Waals surface area contributed by atoms with Crippen molar-refractivity contribution in [2.24, 2.45) is 0 Å². The van der Waals surface area contributed by atoms with E-state index >= 15 is 0 Å². The number of rotatable bonds is 0. The van der Waals surface area contributed by atoms with Crippen molar-refractivity contribution in [2.45, 2.75) is 19.6 Å². The molecule has 0 aliphatic carbocycles. The lowest BCUT2D eigenvalue weighted by atomic mass is 10.3. The van der Waals surface area contributed by atoms with E-state index in [-0.39, 0.29) is 0 Å². The lowest BCUT2D eigenvalue weighted by Gasteiger charge is -2.02. The van der Waals surface area contributed by atoms with E-state index in [1.54, 1.807) is 6.20 Å². The maximum absolute atomic E-state index is 4.38. The first-order valence-corrected chi connectivity index (χ1v) is 9.96. The molecule has 0 atom stereocenters. The first-order valence-electron chi connectivity index (χ1n) is 4.89. The molecule has 5 heteroatoms. The quantitative estimate of drug-likeness (QED) is 0.548. The second-order valence-electron chi connectivity index (χ2n) is 4.53. The van der Waals surface area contributed by atoms with E-state index in [1.807, 2.05) is 6.20 Å². The predicted molar refractivity (Wildman–Crippen MR) is 75.3 cm³/mol. The zero-order chi connectivity index (χ0) is 11.8. The molecule has 0 N–H and O–H groups in total. The molecule has 2 heterocycles. The molecule has 16 heavy (non-hydrogen) atoms. The molecule has 0 radical (unpaired) electrons. The maximum Gasteiger partial charge on any atom is 0.135 e. The van der Waals surface area contributed by atoms with Gasteiger partial charge in [0.25, 0.3) is 0 Å². The van der Waals surface area contributed by atoms with Crippen LogP contribution in [0.2, 0.25) is 19.6 Å². The van der Waals surface area contributed by atoms with Crippen LogP contribution in [0.15, 0.2) is 16.9 Å². The van der Waals surface area contributed by atoms with Crippen LogP contribution < -0.4 is 0 Å². The first kappa shape index (κ1) is 11.8. The standard InChI is InChI=1S/C11H11BrN2SSi/c1-16(2,3)5-4-9-11-8(12)6-13-7-10(11)15-14-9/h6-7H,1-3H3. The van der Waals surface area contributed by atoms with Gasteiger partial charge in [-0.3, -0.25) is 4.98 Å². The molecule has 2 aromatic rings. The minimum absolute atomic E-state index is 0.872. The summed E-state index contributed by atoms with van der Waals surface area (Å²) in [6.07, 6.45) is 3.62. The van der Waals surface area contributed by atoms with Crippen molar-refractivity contribution in [3.63, 3.8) is 0 Å². The van der Waals surface area contributed by atoms with Crippen LogP contribution in [0.5, 0.6) is 0 Å². The van der Waals surface area contributed by atoms with Gasteiger partial charge in [-0.2, -0.15) is 4.37 Å². The van der Waals surface area contributed by atoms with E-state index in [0.717, 1.165) is 20.3 Å². The highest BCUT2D eigenvalue weighted by molar-refractivity contribution is 9.10. The van der Waals surface area contributed by atoms with Gasteiger partial charge in [-0.25, -0.2) is 0 Å². The minimum atomic E-state index is -1.35. The van der Waals surface area contributed by atoms with Gasteiger partial charge in [-0.1, -0.05) is 25.6 Å². The number of hydrogen-bond acceptors (Lipinski definition) is 3. The molecule has 0 aromatic carbocycles. The molecule has 2 nitrogen and oxygen atoms in total. The minimum Gasteiger partial charge on any atom is -0.262 e. The summed E-state index contributed by atoms with van der Waals surface area (Å²) < 4.78 is 6.43. The van der Waals surface area contributed by atoms with Gasteiger partial charge in [0.05, 0.1) is 4.70 Å².